The van der Waals surface area contributed by atoms with Crippen LogP contribution in [0.5, 0.6) is 11.5 Å². The Morgan fingerprint density at radius 2 is 1.80 bits per heavy atom. The van der Waals surface area contributed by atoms with Crippen LogP contribution in [0.1, 0.15) is 24.0 Å². The lowest BCUT2D eigenvalue weighted by Gasteiger charge is -2.33. The first-order valence-electron chi connectivity index (χ1n) is 10.4. The highest BCUT2D eigenvalue weighted by Gasteiger charge is 2.27. The average molecular weight is 431 g/mol. The number of hydrogen-bond donors (Lipinski definition) is 0. The lowest BCUT2D eigenvalue weighted by atomic mass is 9.95. The Bertz CT molecular complexity index is 850. The van der Waals surface area contributed by atoms with Crippen molar-refractivity contribution in [3.63, 3.8) is 0 Å². The van der Waals surface area contributed by atoms with E-state index in [1.807, 2.05) is 48.3 Å². The molecule has 3 rings (SSSR count). The molecule has 1 aliphatic rings. The molecule has 6 heteroatoms. The van der Waals surface area contributed by atoms with Gasteiger partial charge in [-0.25, -0.2) is 0 Å². The number of likely N-dealkylation sites (tertiary alicyclic amines) is 1. The Kier molecular flexibility index (Phi) is 8.00. The third-order valence-corrected chi connectivity index (χ3v) is 6.22. The molecule has 2 aromatic carbocycles. The Labute approximate surface area is 184 Å². The quantitative estimate of drug-likeness (QED) is 0.627. The smallest absolute Gasteiger partial charge is 0.225 e. The summed E-state index contributed by atoms with van der Waals surface area (Å²) in [5.74, 6) is 1.78. The van der Waals surface area contributed by atoms with E-state index in [1.54, 1.807) is 14.2 Å². The molecule has 0 radical (unpaired) electrons. The fourth-order valence-electron chi connectivity index (χ4n) is 3.96. The van der Waals surface area contributed by atoms with Crippen LogP contribution in [-0.2, 0) is 17.8 Å². The summed E-state index contributed by atoms with van der Waals surface area (Å²) in [5.41, 5.74) is 2.28. The van der Waals surface area contributed by atoms with Gasteiger partial charge in [-0.15, -0.1) is 0 Å². The molecule has 0 aliphatic carbocycles. The van der Waals surface area contributed by atoms with Gasteiger partial charge in [0.15, 0.2) is 11.5 Å². The molecule has 1 saturated heterocycles. The number of likely N-dealkylation sites (N-methyl/N-ethyl adjacent to an activating group) is 1. The normalized spacial score (nSPS) is 15.1. The third kappa shape index (κ3) is 5.67. The minimum absolute atomic E-state index is 0.0999. The zero-order chi connectivity index (χ0) is 21.5. The van der Waals surface area contributed by atoms with Crippen LogP contribution in [0.4, 0.5) is 0 Å². The van der Waals surface area contributed by atoms with Crippen molar-refractivity contribution in [1.29, 1.82) is 0 Å². The monoisotopic (exact) mass is 430 g/mol. The van der Waals surface area contributed by atoms with E-state index in [4.69, 9.17) is 21.1 Å². The van der Waals surface area contributed by atoms with Gasteiger partial charge in [-0.3, -0.25) is 9.69 Å². The number of ether oxygens (including phenoxy) is 2. The van der Waals surface area contributed by atoms with Crippen LogP contribution in [-0.4, -0.2) is 56.6 Å². The van der Waals surface area contributed by atoms with Gasteiger partial charge >= 0.3 is 0 Å². The van der Waals surface area contributed by atoms with E-state index < -0.39 is 0 Å². The molecular formula is C24H31ClN2O3. The second-order valence-corrected chi connectivity index (χ2v) is 8.25. The lowest BCUT2D eigenvalue weighted by molar-refractivity contribution is -0.135. The standard InChI is InChI=1S/C24H31ClN2O3/c1-26(13-10-18-8-9-22(29-2)23(16-18)30-3)24(28)19-11-14-27(15-12-19)17-20-6-4-5-7-21(20)25/h4-9,16,19H,10-15,17H2,1-3H3. The van der Waals surface area contributed by atoms with Crippen LogP contribution in [0, 0.1) is 5.92 Å². The second-order valence-electron chi connectivity index (χ2n) is 7.84. The van der Waals surface area contributed by atoms with E-state index in [2.05, 4.69) is 11.0 Å². The molecule has 0 unspecified atom stereocenters. The van der Waals surface area contributed by atoms with Crippen molar-refractivity contribution in [2.75, 3.05) is 40.9 Å². The van der Waals surface area contributed by atoms with Crippen molar-refractivity contribution in [1.82, 2.24) is 9.80 Å². The fraction of sp³-hybridized carbons (Fsp3) is 0.458. The summed E-state index contributed by atoms with van der Waals surface area (Å²) in [7, 11) is 5.16. The van der Waals surface area contributed by atoms with Gasteiger partial charge in [-0.1, -0.05) is 35.9 Å². The Morgan fingerprint density at radius 1 is 1.10 bits per heavy atom. The highest BCUT2D eigenvalue weighted by atomic mass is 35.5. The van der Waals surface area contributed by atoms with E-state index in [9.17, 15) is 4.79 Å². The second kappa shape index (κ2) is 10.7. The van der Waals surface area contributed by atoms with Crippen LogP contribution in [0.25, 0.3) is 0 Å². The molecule has 0 aromatic heterocycles. The number of carbonyl (C=O) groups is 1. The number of carbonyl (C=O) groups excluding carboxylic acids is 1. The van der Waals surface area contributed by atoms with Crippen LogP contribution in [0.15, 0.2) is 42.5 Å². The molecule has 162 valence electrons. The van der Waals surface area contributed by atoms with Crippen molar-refractivity contribution in [2.45, 2.75) is 25.8 Å². The topological polar surface area (TPSA) is 42.0 Å². The highest BCUT2D eigenvalue weighted by molar-refractivity contribution is 6.31. The highest BCUT2D eigenvalue weighted by Crippen LogP contribution is 2.28. The summed E-state index contributed by atoms with van der Waals surface area (Å²) < 4.78 is 10.7. The van der Waals surface area contributed by atoms with Crippen molar-refractivity contribution in [2.24, 2.45) is 5.92 Å². The molecule has 0 N–H and O–H groups in total. The number of nitrogens with zero attached hydrogens (tertiary/aromatic N) is 2. The minimum Gasteiger partial charge on any atom is -0.493 e. The first kappa shape index (κ1) is 22.4. The van der Waals surface area contributed by atoms with Crippen molar-refractivity contribution in [3.05, 3.63) is 58.6 Å². The number of amides is 1. The predicted molar refractivity (Wildman–Crippen MR) is 120 cm³/mol. The van der Waals surface area contributed by atoms with Crippen LogP contribution in [0.2, 0.25) is 5.02 Å². The molecule has 0 bridgehead atoms. The molecule has 1 fully saturated rings. The maximum absolute atomic E-state index is 12.9. The molecule has 1 heterocycles. The fourth-order valence-corrected chi connectivity index (χ4v) is 4.16. The summed E-state index contributed by atoms with van der Waals surface area (Å²) in [6.45, 7) is 3.38. The molecule has 1 amide bonds. The van der Waals surface area contributed by atoms with E-state index >= 15 is 0 Å². The Morgan fingerprint density at radius 3 is 2.47 bits per heavy atom. The Hall–Kier alpha value is -2.24. The number of benzene rings is 2. The molecule has 2 aromatic rings. The van der Waals surface area contributed by atoms with E-state index in [-0.39, 0.29) is 11.8 Å². The van der Waals surface area contributed by atoms with Gasteiger partial charge < -0.3 is 14.4 Å². The van der Waals surface area contributed by atoms with Gasteiger partial charge in [0.1, 0.15) is 0 Å². The van der Waals surface area contributed by atoms with Gasteiger partial charge in [-0.2, -0.15) is 0 Å². The molecular weight excluding hydrogens is 400 g/mol. The third-order valence-electron chi connectivity index (χ3n) is 5.85. The van der Waals surface area contributed by atoms with E-state index in [0.717, 1.165) is 60.8 Å². The van der Waals surface area contributed by atoms with Crippen LogP contribution in [0.3, 0.4) is 0 Å². The molecule has 0 saturated carbocycles. The molecule has 30 heavy (non-hydrogen) atoms. The SMILES string of the molecule is COc1ccc(CCN(C)C(=O)C2CCN(Cc3ccccc3Cl)CC2)cc1OC. The van der Waals surface area contributed by atoms with Gasteiger partial charge in [0.25, 0.3) is 0 Å². The number of hydrogen-bond acceptors (Lipinski definition) is 4. The number of rotatable bonds is 8. The largest absolute Gasteiger partial charge is 0.493 e. The predicted octanol–water partition coefficient (Wildman–Crippen LogP) is 4.27. The summed E-state index contributed by atoms with van der Waals surface area (Å²) in [6.07, 6.45) is 2.57. The number of piperidine rings is 1. The Balaban J connectivity index is 1.47. The molecule has 0 atom stereocenters. The summed E-state index contributed by atoms with van der Waals surface area (Å²) in [4.78, 5) is 17.2. The van der Waals surface area contributed by atoms with Crippen LogP contribution < -0.4 is 9.47 Å². The maximum Gasteiger partial charge on any atom is 0.225 e. The van der Waals surface area contributed by atoms with Gasteiger partial charge in [0.05, 0.1) is 14.2 Å². The van der Waals surface area contributed by atoms with Gasteiger partial charge in [0.2, 0.25) is 5.91 Å². The zero-order valence-corrected chi connectivity index (χ0v) is 18.8. The number of halogens is 1. The van der Waals surface area contributed by atoms with Crippen LogP contribution >= 0.6 is 11.6 Å². The first-order chi connectivity index (χ1) is 14.5. The first-order valence-corrected chi connectivity index (χ1v) is 10.8. The van der Waals surface area contributed by atoms with Gasteiger partial charge in [0, 0.05) is 31.1 Å². The summed E-state index contributed by atoms with van der Waals surface area (Å²) >= 11 is 6.28. The van der Waals surface area contributed by atoms with Gasteiger partial charge in [-0.05, 0) is 61.7 Å². The average Bonchev–Trinajstić information content (AvgIpc) is 2.78. The van der Waals surface area contributed by atoms with E-state index in [0.29, 0.717) is 12.3 Å². The summed E-state index contributed by atoms with van der Waals surface area (Å²) in [6, 6.07) is 13.9. The van der Waals surface area contributed by atoms with Crippen molar-refractivity contribution < 1.29 is 14.3 Å². The lowest BCUT2D eigenvalue weighted by Crippen LogP contribution is -2.41. The molecule has 5 nitrogen and oxygen atoms in total. The molecule has 0 spiro atoms. The molecule has 1 aliphatic heterocycles. The maximum atomic E-state index is 12.9. The van der Waals surface area contributed by atoms with Crippen molar-refractivity contribution in [3.8, 4) is 11.5 Å². The van der Waals surface area contributed by atoms with Crippen molar-refractivity contribution >= 4 is 17.5 Å². The van der Waals surface area contributed by atoms with E-state index in [1.165, 1.54) is 0 Å². The zero-order valence-electron chi connectivity index (χ0n) is 18.1. The number of methoxy groups -OCH3 is 2. The minimum atomic E-state index is 0.0999. The summed E-state index contributed by atoms with van der Waals surface area (Å²) in [5, 5.41) is 0.811.